The van der Waals surface area contributed by atoms with Gasteiger partial charge in [0.05, 0.1) is 24.3 Å². The van der Waals surface area contributed by atoms with Gasteiger partial charge in [-0.05, 0) is 62.5 Å². The average Bonchev–Trinajstić information content (AvgIpc) is 3.39. The number of carboxylic acid groups (broad SMARTS) is 1. The highest BCUT2D eigenvalue weighted by Gasteiger charge is 2.52. The van der Waals surface area contributed by atoms with Gasteiger partial charge in [-0.2, -0.15) is 0 Å². The van der Waals surface area contributed by atoms with E-state index in [2.05, 4.69) is 24.1 Å². The fraction of sp³-hybridized carbons (Fsp3) is 0.448. The number of carbonyl (C=O) groups excluding carboxylic acids is 1. The van der Waals surface area contributed by atoms with Crippen LogP contribution in [0.2, 0.25) is 0 Å². The van der Waals surface area contributed by atoms with Crippen molar-refractivity contribution in [2.24, 2.45) is 0 Å². The van der Waals surface area contributed by atoms with Crippen molar-refractivity contribution in [1.29, 1.82) is 0 Å². The van der Waals surface area contributed by atoms with Crippen LogP contribution < -0.4 is 9.64 Å². The van der Waals surface area contributed by atoms with Crippen LogP contribution in [0.15, 0.2) is 48.6 Å². The second kappa shape index (κ2) is 9.63. The molecule has 1 saturated heterocycles. The first-order valence-corrected chi connectivity index (χ1v) is 13.3. The van der Waals surface area contributed by atoms with Gasteiger partial charge in [-0.15, -0.1) is 0 Å². The fourth-order valence-corrected chi connectivity index (χ4v) is 6.53. The number of hydrogen-bond acceptors (Lipinski definition) is 6. The Morgan fingerprint density at radius 1 is 1.21 bits per heavy atom. The number of hydrogen-bond donors (Lipinski definition) is 2. The number of ether oxygens (including phenoxy) is 1. The Morgan fingerprint density at radius 2 is 2.05 bits per heavy atom. The van der Waals surface area contributed by atoms with Crippen LogP contribution >= 0.6 is 0 Å². The van der Waals surface area contributed by atoms with Crippen LogP contribution in [0.1, 0.15) is 42.4 Å². The standard InChI is InChI=1S/C29H33N3O6/c1-30-16-14-29-13-5-4-8-24(29)38-26-21(10-9-20(18-30)25(26)29)32(28(35)36)22-11-15-31(27(22)34)37-17-12-19-6-2-3-7-23(19)33/h2-3,5-7,9-10,13,22,24,33H,4,8,11-12,14-18H2,1H3,(H,35,36)/t22-,24-,29-/m0/s1. The molecule has 3 aliphatic heterocycles. The molecule has 0 radical (unpaired) electrons. The third-order valence-corrected chi connectivity index (χ3v) is 8.41. The third-order valence-electron chi connectivity index (χ3n) is 8.41. The van der Waals surface area contributed by atoms with E-state index in [9.17, 15) is 19.8 Å². The van der Waals surface area contributed by atoms with E-state index in [1.54, 1.807) is 24.3 Å². The van der Waals surface area contributed by atoms with Crippen LogP contribution in [0.25, 0.3) is 0 Å². The average molecular weight is 520 g/mol. The Bertz CT molecular complexity index is 1300. The van der Waals surface area contributed by atoms with E-state index in [0.29, 0.717) is 24.3 Å². The topological polar surface area (TPSA) is 103 Å². The maximum Gasteiger partial charge on any atom is 0.412 e. The molecular weight excluding hydrogens is 486 g/mol. The molecule has 0 unspecified atom stereocenters. The summed E-state index contributed by atoms with van der Waals surface area (Å²) in [7, 11) is 2.11. The van der Waals surface area contributed by atoms with Gasteiger partial charge < -0.3 is 19.8 Å². The maximum atomic E-state index is 13.4. The lowest BCUT2D eigenvalue weighted by Gasteiger charge is -2.34. The molecule has 2 amide bonds. The van der Waals surface area contributed by atoms with Crippen LogP contribution in [-0.4, -0.2) is 71.1 Å². The van der Waals surface area contributed by atoms with Crippen LogP contribution in [0.5, 0.6) is 11.5 Å². The van der Waals surface area contributed by atoms with Gasteiger partial charge >= 0.3 is 6.09 Å². The van der Waals surface area contributed by atoms with Crippen molar-refractivity contribution in [2.45, 2.75) is 56.2 Å². The van der Waals surface area contributed by atoms with Crippen molar-refractivity contribution in [1.82, 2.24) is 9.96 Å². The summed E-state index contributed by atoms with van der Waals surface area (Å²) >= 11 is 0. The summed E-state index contributed by atoms with van der Waals surface area (Å²) in [6.45, 7) is 2.17. The summed E-state index contributed by atoms with van der Waals surface area (Å²) in [6, 6.07) is 9.89. The molecule has 3 atom stereocenters. The Labute approximate surface area is 221 Å². The van der Waals surface area contributed by atoms with Crippen molar-refractivity contribution in [2.75, 3.05) is 31.6 Å². The van der Waals surface area contributed by atoms with E-state index in [-0.39, 0.29) is 30.4 Å². The molecule has 200 valence electrons. The quantitative estimate of drug-likeness (QED) is 0.559. The number of phenolic OH excluding ortho intramolecular Hbond substituents is 1. The van der Waals surface area contributed by atoms with Crippen molar-refractivity contribution >= 4 is 17.7 Å². The number of para-hydroxylation sites is 1. The largest absolute Gasteiger partial charge is 0.508 e. The molecule has 1 aliphatic carbocycles. The summed E-state index contributed by atoms with van der Waals surface area (Å²) in [4.78, 5) is 35.2. The lowest BCUT2D eigenvalue weighted by atomic mass is 9.69. The second-order valence-electron chi connectivity index (χ2n) is 10.7. The van der Waals surface area contributed by atoms with Crippen molar-refractivity contribution in [3.05, 3.63) is 65.2 Å². The fourth-order valence-electron chi connectivity index (χ4n) is 6.53. The first-order chi connectivity index (χ1) is 18.4. The molecule has 38 heavy (non-hydrogen) atoms. The Kier molecular flexibility index (Phi) is 6.28. The zero-order valence-electron chi connectivity index (χ0n) is 21.5. The zero-order valence-corrected chi connectivity index (χ0v) is 21.5. The lowest BCUT2D eigenvalue weighted by Crippen LogP contribution is -2.45. The molecule has 9 nitrogen and oxygen atoms in total. The van der Waals surface area contributed by atoms with Crippen LogP contribution in [0.3, 0.4) is 0 Å². The highest BCUT2D eigenvalue weighted by Crippen LogP contribution is 2.56. The number of benzene rings is 2. The molecular formula is C29H33N3O6. The minimum atomic E-state index is -1.19. The number of amides is 2. The van der Waals surface area contributed by atoms with E-state index in [1.165, 1.54) is 9.96 Å². The summed E-state index contributed by atoms with van der Waals surface area (Å²) in [6.07, 6.45) is 6.71. The Hall–Kier alpha value is -3.56. The highest BCUT2D eigenvalue weighted by atomic mass is 16.7. The van der Waals surface area contributed by atoms with E-state index in [0.717, 1.165) is 49.0 Å². The summed E-state index contributed by atoms with van der Waals surface area (Å²) < 4.78 is 6.57. The molecule has 4 aliphatic rings. The molecule has 2 aromatic carbocycles. The Morgan fingerprint density at radius 3 is 2.87 bits per heavy atom. The molecule has 2 N–H and O–H groups in total. The van der Waals surface area contributed by atoms with Gasteiger partial charge in [0.15, 0.2) is 0 Å². The molecule has 1 spiro atoms. The smallest absolute Gasteiger partial charge is 0.412 e. The molecule has 6 rings (SSSR count). The minimum absolute atomic E-state index is 0.0435. The van der Waals surface area contributed by atoms with Gasteiger partial charge in [0, 0.05) is 18.5 Å². The molecule has 1 fully saturated rings. The van der Waals surface area contributed by atoms with Gasteiger partial charge in [-0.1, -0.05) is 36.4 Å². The van der Waals surface area contributed by atoms with Gasteiger partial charge in [0.2, 0.25) is 0 Å². The van der Waals surface area contributed by atoms with Crippen LogP contribution in [-0.2, 0) is 28.0 Å². The number of allylic oxidation sites excluding steroid dienone is 1. The normalized spacial score (nSPS) is 26.0. The SMILES string of the molecule is CN1CC[C@@]23C=CCC[C@@H]2Oc2c(N(C(=O)O)[C@H]4CCN(OCCc5ccccc5O)C4=O)ccc(c23)C1. The highest BCUT2D eigenvalue weighted by molar-refractivity contribution is 5.99. The predicted molar refractivity (Wildman–Crippen MR) is 140 cm³/mol. The number of phenols is 1. The van der Waals surface area contributed by atoms with Crippen molar-refractivity contribution in [3.63, 3.8) is 0 Å². The van der Waals surface area contributed by atoms with E-state index < -0.39 is 18.0 Å². The molecule has 0 saturated carbocycles. The van der Waals surface area contributed by atoms with Gasteiger partial charge in [-0.3, -0.25) is 14.5 Å². The van der Waals surface area contributed by atoms with Crippen LogP contribution in [0.4, 0.5) is 10.5 Å². The number of carbonyl (C=O) groups is 2. The second-order valence-corrected chi connectivity index (χ2v) is 10.7. The Balaban J connectivity index is 1.27. The first kappa shape index (κ1) is 24.8. The van der Waals surface area contributed by atoms with E-state index in [4.69, 9.17) is 9.57 Å². The summed E-state index contributed by atoms with van der Waals surface area (Å²) in [5.74, 6) is 0.388. The van der Waals surface area contributed by atoms with E-state index in [1.807, 2.05) is 12.1 Å². The summed E-state index contributed by atoms with van der Waals surface area (Å²) in [5, 5.41) is 21.6. The van der Waals surface area contributed by atoms with E-state index >= 15 is 0 Å². The molecule has 3 heterocycles. The molecule has 0 bridgehead atoms. The van der Waals surface area contributed by atoms with Crippen molar-refractivity contribution in [3.8, 4) is 11.5 Å². The van der Waals surface area contributed by atoms with Gasteiger partial charge in [0.25, 0.3) is 5.91 Å². The zero-order chi connectivity index (χ0) is 26.4. The first-order valence-electron chi connectivity index (χ1n) is 13.3. The van der Waals surface area contributed by atoms with Gasteiger partial charge in [0.1, 0.15) is 23.6 Å². The predicted octanol–water partition coefficient (Wildman–Crippen LogP) is 3.84. The summed E-state index contributed by atoms with van der Waals surface area (Å²) in [5.41, 5.74) is 3.11. The third kappa shape index (κ3) is 4.01. The van der Waals surface area contributed by atoms with Crippen molar-refractivity contribution < 1.29 is 29.4 Å². The number of aromatic hydroxyl groups is 1. The number of hydroxylamine groups is 2. The molecule has 2 aromatic rings. The number of rotatable bonds is 6. The monoisotopic (exact) mass is 519 g/mol. The van der Waals surface area contributed by atoms with Gasteiger partial charge in [-0.25, -0.2) is 9.86 Å². The molecule has 0 aromatic heterocycles. The lowest BCUT2D eigenvalue weighted by molar-refractivity contribution is -0.177. The minimum Gasteiger partial charge on any atom is -0.508 e. The number of nitrogens with zero attached hydrogens (tertiary/aromatic N) is 3. The number of anilines is 1. The maximum absolute atomic E-state index is 13.4. The van der Waals surface area contributed by atoms with Crippen LogP contribution in [0, 0.1) is 0 Å². The molecule has 9 heteroatoms.